The van der Waals surface area contributed by atoms with E-state index in [9.17, 15) is 19.4 Å². The molecule has 2 rings (SSSR count). The number of carbonyl (C=O) groups excluding carboxylic acids is 1. The summed E-state index contributed by atoms with van der Waals surface area (Å²) in [5.74, 6) is -2.10. The number of phenols is 1. The topological polar surface area (TPSA) is 150 Å². The molecule has 0 bridgehead atoms. The summed E-state index contributed by atoms with van der Waals surface area (Å²) < 4.78 is 14.5. The monoisotopic (exact) mass is 393 g/mol. The highest BCUT2D eigenvalue weighted by Gasteiger charge is 2.19. The number of nitrogens with two attached hydrogens (primary N) is 2. The molecule has 0 saturated heterocycles. The predicted octanol–water partition coefficient (Wildman–Crippen LogP) is 1.62. The minimum Gasteiger partial charge on any atom is -0.505 e. The first-order chi connectivity index (χ1) is 12.8. The number of rotatable bonds is 7. The number of aromatic amines is 1. The molecule has 1 aromatic carbocycles. The fourth-order valence-corrected chi connectivity index (χ4v) is 2.73. The highest BCUT2D eigenvalue weighted by molar-refractivity contribution is 7.71. The van der Waals surface area contributed by atoms with E-state index in [0.29, 0.717) is 6.42 Å². The van der Waals surface area contributed by atoms with E-state index >= 15 is 0 Å². The summed E-state index contributed by atoms with van der Waals surface area (Å²) in [7, 11) is 0. The van der Waals surface area contributed by atoms with E-state index in [-0.39, 0.29) is 45.8 Å². The summed E-state index contributed by atoms with van der Waals surface area (Å²) in [6.45, 7) is 1.71. The maximum absolute atomic E-state index is 14.5. The zero-order chi connectivity index (χ0) is 20.1. The molecule has 1 aromatic heterocycles. The molecule has 2 aromatic rings. The number of carbonyl (C=O) groups is 1. The Hall–Kier alpha value is -2.98. The van der Waals surface area contributed by atoms with Gasteiger partial charge in [-0.2, -0.15) is 0 Å². The molecule has 8 nitrogen and oxygen atoms in total. The first-order valence-corrected chi connectivity index (χ1v) is 8.45. The minimum atomic E-state index is -0.900. The van der Waals surface area contributed by atoms with Gasteiger partial charge < -0.3 is 32.0 Å². The van der Waals surface area contributed by atoms with E-state index in [1.54, 1.807) is 0 Å². The molecular weight excluding hydrogens is 373 g/mol. The number of hydrogen-bond donors (Lipinski definition) is 6. The zero-order valence-corrected chi connectivity index (χ0v) is 15.3. The van der Waals surface area contributed by atoms with Crippen molar-refractivity contribution in [1.82, 2.24) is 9.97 Å². The number of benzene rings is 1. The number of phenolic OH excluding ortho intramolecular Hbond substituents is 1. The van der Waals surface area contributed by atoms with Gasteiger partial charge in [0.25, 0.3) is 0 Å². The van der Waals surface area contributed by atoms with Crippen LogP contribution in [0.2, 0.25) is 0 Å². The van der Waals surface area contributed by atoms with Crippen LogP contribution >= 0.6 is 12.2 Å². The average Bonchev–Trinajstić information content (AvgIpc) is 2.60. The Bertz CT molecular complexity index is 941. The minimum absolute atomic E-state index is 0.0169. The Balaban J connectivity index is 2.75. The number of primary amides is 1. The molecule has 10 heteroatoms. The molecule has 0 radical (unpaired) electrons. The second kappa shape index (κ2) is 8.60. The molecular formula is C17H20FN5O3S. The molecule has 144 valence electrons. The molecule has 1 heterocycles. The quantitative estimate of drug-likeness (QED) is 0.309. The molecule has 1 amide bonds. The van der Waals surface area contributed by atoms with Crippen molar-refractivity contribution in [1.29, 1.82) is 0 Å². The molecule has 0 spiro atoms. The fraction of sp³-hybridized carbons (Fsp3) is 0.235. The Kier molecular flexibility index (Phi) is 6.48. The second-order valence-corrected chi connectivity index (χ2v) is 6.10. The van der Waals surface area contributed by atoms with Crippen LogP contribution in [0.3, 0.4) is 0 Å². The molecule has 0 saturated carbocycles. The normalized spacial score (nSPS) is 12.6. The van der Waals surface area contributed by atoms with Gasteiger partial charge in [-0.1, -0.05) is 25.2 Å². The first kappa shape index (κ1) is 20.3. The third kappa shape index (κ3) is 4.60. The molecule has 27 heavy (non-hydrogen) atoms. The van der Waals surface area contributed by atoms with E-state index in [1.807, 2.05) is 6.92 Å². The largest absolute Gasteiger partial charge is 0.505 e. The molecule has 0 aliphatic carbocycles. The Morgan fingerprint density at radius 3 is 2.78 bits per heavy atom. The van der Waals surface area contributed by atoms with Gasteiger partial charge in [0.2, 0.25) is 11.9 Å². The maximum atomic E-state index is 14.5. The lowest BCUT2D eigenvalue weighted by molar-refractivity contribution is -0.113. The van der Waals surface area contributed by atoms with E-state index < -0.39 is 17.5 Å². The van der Waals surface area contributed by atoms with Crippen molar-refractivity contribution in [3.63, 3.8) is 0 Å². The second-order valence-electron chi connectivity index (χ2n) is 5.71. The van der Waals surface area contributed by atoms with Crippen LogP contribution in [0.15, 0.2) is 24.3 Å². The smallest absolute Gasteiger partial charge is 0.243 e. The van der Waals surface area contributed by atoms with E-state index in [1.165, 1.54) is 18.2 Å². The van der Waals surface area contributed by atoms with Crippen LogP contribution in [0.1, 0.15) is 18.9 Å². The maximum Gasteiger partial charge on any atom is 0.243 e. The molecule has 1 atom stereocenters. The summed E-state index contributed by atoms with van der Waals surface area (Å²) in [4.78, 5) is 18.2. The number of anilines is 1. The average molecular weight is 393 g/mol. The predicted molar refractivity (Wildman–Crippen MR) is 103 cm³/mol. The van der Waals surface area contributed by atoms with Crippen molar-refractivity contribution in [2.45, 2.75) is 19.4 Å². The number of nitrogens with zero attached hydrogens (tertiary/aromatic N) is 1. The van der Waals surface area contributed by atoms with Crippen molar-refractivity contribution < 1.29 is 19.4 Å². The number of H-pyrrole nitrogens is 1. The summed E-state index contributed by atoms with van der Waals surface area (Å²) in [5, 5.41) is 22.0. The number of aliphatic hydroxyl groups excluding tert-OH is 1. The summed E-state index contributed by atoms with van der Waals surface area (Å²) in [5.41, 5.74) is 11.1. The van der Waals surface area contributed by atoms with Gasteiger partial charge in [-0.25, -0.2) is 9.37 Å². The van der Waals surface area contributed by atoms with Crippen molar-refractivity contribution >= 4 is 29.8 Å². The van der Waals surface area contributed by atoms with Crippen molar-refractivity contribution in [3.05, 3.63) is 40.3 Å². The standard InChI is InChI=1S/C17H20FN5O3S/c1-2-8(7-24)21-17-22-15(9-4-3-5-11(25)14(9)18)13(16(27)23-17)10(19)6-12(20)26/h3-6,8,24-25H,2,7,19H2,1H3,(H2,20,26)(H2,21,22,23,27)/b10-6-. The van der Waals surface area contributed by atoms with Crippen LogP contribution in [0.5, 0.6) is 5.75 Å². The van der Waals surface area contributed by atoms with Gasteiger partial charge >= 0.3 is 0 Å². The number of aromatic hydroxyl groups is 1. The summed E-state index contributed by atoms with van der Waals surface area (Å²) in [6, 6.07) is 3.73. The summed E-state index contributed by atoms with van der Waals surface area (Å²) >= 11 is 5.27. The number of aromatic nitrogens is 2. The highest BCUT2D eigenvalue weighted by Crippen LogP contribution is 2.32. The van der Waals surface area contributed by atoms with Crippen LogP contribution in [0, 0.1) is 10.5 Å². The van der Waals surface area contributed by atoms with Gasteiger partial charge in [0.1, 0.15) is 4.64 Å². The first-order valence-electron chi connectivity index (χ1n) is 8.05. The lowest BCUT2D eigenvalue weighted by Gasteiger charge is -2.18. The number of hydrogen-bond acceptors (Lipinski definition) is 7. The van der Waals surface area contributed by atoms with Crippen molar-refractivity contribution in [3.8, 4) is 17.0 Å². The number of nitrogens with one attached hydrogen (secondary N) is 2. The van der Waals surface area contributed by atoms with Gasteiger partial charge in [-0.05, 0) is 18.6 Å². The van der Waals surface area contributed by atoms with Crippen molar-refractivity contribution in [2.75, 3.05) is 11.9 Å². The Morgan fingerprint density at radius 1 is 1.48 bits per heavy atom. The number of amides is 1. The SMILES string of the molecule is CCC(CO)Nc1nc(=S)c(/C(N)=C/C(N)=O)c(-c2cccc(O)c2F)[nH]1. The van der Waals surface area contributed by atoms with Crippen molar-refractivity contribution in [2.24, 2.45) is 11.5 Å². The van der Waals surface area contributed by atoms with Gasteiger partial charge in [0, 0.05) is 17.3 Å². The third-order valence-corrected chi connectivity index (χ3v) is 4.10. The van der Waals surface area contributed by atoms with Gasteiger partial charge in [0.15, 0.2) is 11.6 Å². The molecule has 0 aliphatic rings. The van der Waals surface area contributed by atoms with E-state index in [0.717, 1.165) is 6.08 Å². The van der Waals surface area contributed by atoms with Gasteiger partial charge in [0.05, 0.1) is 23.9 Å². The molecule has 8 N–H and O–H groups in total. The van der Waals surface area contributed by atoms with E-state index in [2.05, 4.69) is 15.3 Å². The lowest BCUT2D eigenvalue weighted by atomic mass is 10.0. The number of aliphatic hydroxyl groups is 1. The highest BCUT2D eigenvalue weighted by atomic mass is 32.1. The number of halogens is 1. The van der Waals surface area contributed by atoms with Crippen LogP contribution in [-0.4, -0.2) is 38.7 Å². The Labute approximate surface area is 159 Å². The zero-order valence-electron chi connectivity index (χ0n) is 14.5. The summed E-state index contributed by atoms with van der Waals surface area (Å²) in [6.07, 6.45) is 1.54. The van der Waals surface area contributed by atoms with Crippen LogP contribution < -0.4 is 16.8 Å². The van der Waals surface area contributed by atoms with Crippen LogP contribution in [0.4, 0.5) is 10.3 Å². The van der Waals surface area contributed by atoms with Crippen LogP contribution in [0.25, 0.3) is 17.0 Å². The fourth-order valence-electron chi connectivity index (χ4n) is 2.42. The lowest BCUT2D eigenvalue weighted by Crippen LogP contribution is -2.24. The Morgan fingerprint density at radius 2 is 2.19 bits per heavy atom. The van der Waals surface area contributed by atoms with Gasteiger partial charge in [-0.15, -0.1) is 0 Å². The molecule has 0 fully saturated rings. The van der Waals surface area contributed by atoms with E-state index in [4.69, 9.17) is 23.7 Å². The van der Waals surface area contributed by atoms with Crippen LogP contribution in [-0.2, 0) is 4.79 Å². The third-order valence-electron chi connectivity index (χ3n) is 3.81. The van der Waals surface area contributed by atoms with Gasteiger partial charge in [-0.3, -0.25) is 4.79 Å². The molecule has 0 aliphatic heterocycles. The molecule has 1 unspecified atom stereocenters.